The van der Waals surface area contributed by atoms with Gasteiger partial charge in [-0.1, -0.05) is 15.9 Å². The van der Waals surface area contributed by atoms with Crippen molar-refractivity contribution in [3.8, 4) is 5.75 Å². The fraction of sp³-hybridized carbons (Fsp3) is 0.500. The number of nitrogens with one attached hydrogen (secondary N) is 1. The van der Waals surface area contributed by atoms with Gasteiger partial charge in [-0.05, 0) is 32.3 Å². The SMILES string of the molecule is CN(C)CCNCc1cc(Br)ccc1OC(F)F. The van der Waals surface area contributed by atoms with Gasteiger partial charge in [0.2, 0.25) is 0 Å². The first-order valence-electron chi connectivity index (χ1n) is 5.57. The van der Waals surface area contributed by atoms with Crippen LogP contribution in [0.15, 0.2) is 22.7 Å². The van der Waals surface area contributed by atoms with Gasteiger partial charge in [-0.15, -0.1) is 0 Å². The van der Waals surface area contributed by atoms with Crippen molar-refractivity contribution in [2.45, 2.75) is 13.2 Å². The molecule has 1 N–H and O–H groups in total. The molecule has 0 saturated carbocycles. The fourth-order valence-corrected chi connectivity index (χ4v) is 1.83. The van der Waals surface area contributed by atoms with Gasteiger partial charge in [-0.3, -0.25) is 0 Å². The van der Waals surface area contributed by atoms with Crippen LogP contribution < -0.4 is 10.1 Å². The Balaban J connectivity index is 2.58. The maximum Gasteiger partial charge on any atom is 0.387 e. The van der Waals surface area contributed by atoms with E-state index < -0.39 is 6.61 Å². The molecule has 1 aromatic rings. The van der Waals surface area contributed by atoms with Crippen molar-refractivity contribution in [2.24, 2.45) is 0 Å². The van der Waals surface area contributed by atoms with Crippen molar-refractivity contribution in [3.63, 3.8) is 0 Å². The third-order valence-electron chi connectivity index (χ3n) is 2.29. The van der Waals surface area contributed by atoms with Crippen LogP contribution in [0.1, 0.15) is 5.56 Å². The molecule has 0 spiro atoms. The predicted molar refractivity (Wildman–Crippen MR) is 71.0 cm³/mol. The Morgan fingerprint density at radius 2 is 2.11 bits per heavy atom. The molecular weight excluding hydrogens is 306 g/mol. The molecule has 1 aromatic carbocycles. The fourth-order valence-electron chi connectivity index (χ4n) is 1.42. The lowest BCUT2D eigenvalue weighted by Gasteiger charge is -2.13. The molecule has 6 heteroatoms. The Hall–Kier alpha value is -0.720. The van der Waals surface area contributed by atoms with Gasteiger partial charge in [0.15, 0.2) is 0 Å². The molecular formula is C12H17BrF2N2O. The molecule has 0 amide bonds. The molecule has 0 radical (unpaired) electrons. The maximum atomic E-state index is 12.2. The van der Waals surface area contributed by atoms with Crippen molar-refractivity contribution in [3.05, 3.63) is 28.2 Å². The third-order valence-corrected chi connectivity index (χ3v) is 2.78. The normalized spacial score (nSPS) is 11.3. The highest BCUT2D eigenvalue weighted by molar-refractivity contribution is 9.10. The monoisotopic (exact) mass is 322 g/mol. The quantitative estimate of drug-likeness (QED) is 0.781. The van der Waals surface area contributed by atoms with Crippen LogP contribution in [0.5, 0.6) is 5.75 Å². The van der Waals surface area contributed by atoms with Crippen LogP contribution in [-0.4, -0.2) is 38.7 Å². The molecule has 1 rings (SSSR count). The summed E-state index contributed by atoms with van der Waals surface area (Å²) in [6.07, 6.45) is 0. The summed E-state index contributed by atoms with van der Waals surface area (Å²) in [7, 11) is 3.96. The number of ether oxygens (including phenoxy) is 1. The predicted octanol–water partition coefficient (Wildman–Crippen LogP) is 2.70. The van der Waals surface area contributed by atoms with E-state index >= 15 is 0 Å². The van der Waals surface area contributed by atoms with Crippen molar-refractivity contribution >= 4 is 15.9 Å². The summed E-state index contributed by atoms with van der Waals surface area (Å²) in [6.45, 7) is -0.631. The van der Waals surface area contributed by atoms with Gasteiger partial charge in [0, 0.05) is 29.7 Å². The van der Waals surface area contributed by atoms with Crippen LogP contribution in [0.2, 0.25) is 0 Å². The molecule has 0 aromatic heterocycles. The smallest absolute Gasteiger partial charge is 0.387 e. The molecule has 0 atom stereocenters. The van der Waals surface area contributed by atoms with Gasteiger partial charge >= 0.3 is 6.61 Å². The Morgan fingerprint density at radius 3 is 2.72 bits per heavy atom. The van der Waals surface area contributed by atoms with Gasteiger partial charge < -0.3 is 15.0 Å². The lowest BCUT2D eigenvalue weighted by molar-refractivity contribution is -0.0505. The summed E-state index contributed by atoms with van der Waals surface area (Å²) in [5, 5.41) is 3.19. The lowest BCUT2D eigenvalue weighted by atomic mass is 10.2. The summed E-state index contributed by atoms with van der Waals surface area (Å²) >= 11 is 3.32. The number of nitrogens with zero attached hydrogens (tertiary/aromatic N) is 1. The van der Waals surface area contributed by atoms with Crippen LogP contribution in [0.25, 0.3) is 0 Å². The van der Waals surface area contributed by atoms with Crippen LogP contribution in [0, 0.1) is 0 Å². The largest absolute Gasteiger partial charge is 0.434 e. The molecule has 102 valence electrons. The zero-order chi connectivity index (χ0) is 13.5. The van der Waals surface area contributed by atoms with Gasteiger partial charge in [-0.25, -0.2) is 0 Å². The number of rotatable bonds is 7. The van der Waals surface area contributed by atoms with E-state index in [1.54, 1.807) is 18.2 Å². The van der Waals surface area contributed by atoms with Gasteiger partial charge in [0.1, 0.15) is 5.75 Å². The van der Waals surface area contributed by atoms with E-state index in [-0.39, 0.29) is 5.75 Å². The lowest BCUT2D eigenvalue weighted by Crippen LogP contribution is -2.26. The van der Waals surface area contributed by atoms with Crippen LogP contribution in [0.3, 0.4) is 0 Å². The van der Waals surface area contributed by atoms with E-state index in [4.69, 9.17) is 0 Å². The first-order chi connectivity index (χ1) is 8.49. The highest BCUT2D eigenvalue weighted by atomic mass is 79.9. The highest BCUT2D eigenvalue weighted by Crippen LogP contribution is 2.24. The highest BCUT2D eigenvalue weighted by Gasteiger charge is 2.09. The summed E-state index contributed by atoms with van der Waals surface area (Å²) < 4.78 is 29.8. The molecule has 18 heavy (non-hydrogen) atoms. The molecule has 0 saturated heterocycles. The molecule has 0 fully saturated rings. The van der Waals surface area contributed by atoms with Crippen molar-refractivity contribution < 1.29 is 13.5 Å². The zero-order valence-electron chi connectivity index (χ0n) is 10.4. The number of halogens is 3. The van der Waals surface area contributed by atoms with E-state index in [1.807, 2.05) is 19.0 Å². The number of hydrogen-bond acceptors (Lipinski definition) is 3. The van der Waals surface area contributed by atoms with Crippen LogP contribution >= 0.6 is 15.9 Å². The Labute approximate surface area is 114 Å². The summed E-state index contributed by atoms with van der Waals surface area (Å²) in [6, 6.07) is 5.00. The molecule has 0 aliphatic rings. The van der Waals surface area contributed by atoms with Gasteiger partial charge in [-0.2, -0.15) is 8.78 Å². The second-order valence-corrected chi connectivity index (χ2v) is 5.03. The Morgan fingerprint density at radius 1 is 1.39 bits per heavy atom. The van der Waals surface area contributed by atoms with Gasteiger partial charge in [0.05, 0.1) is 0 Å². The first-order valence-corrected chi connectivity index (χ1v) is 6.37. The van der Waals surface area contributed by atoms with E-state index in [0.717, 1.165) is 17.6 Å². The molecule has 0 aliphatic carbocycles. The molecule has 0 aliphatic heterocycles. The molecule has 0 unspecified atom stereocenters. The average molecular weight is 323 g/mol. The van der Waals surface area contributed by atoms with Crippen molar-refractivity contribution in [1.82, 2.24) is 10.2 Å². The Kier molecular flexibility index (Phi) is 6.52. The maximum absolute atomic E-state index is 12.2. The number of alkyl halides is 2. The Bertz CT molecular complexity index is 375. The first kappa shape index (κ1) is 15.3. The summed E-state index contributed by atoms with van der Waals surface area (Å²) in [5.41, 5.74) is 0.712. The standard InChI is InChI=1S/C12H17BrF2N2O/c1-17(2)6-5-16-8-9-7-10(13)3-4-11(9)18-12(14)15/h3-4,7,12,16H,5-6,8H2,1-2H3. The second kappa shape index (κ2) is 7.66. The number of benzene rings is 1. The van der Waals surface area contributed by atoms with E-state index in [0.29, 0.717) is 12.1 Å². The number of hydrogen-bond donors (Lipinski definition) is 1. The third kappa shape index (κ3) is 5.75. The minimum absolute atomic E-state index is 0.213. The molecule has 0 heterocycles. The summed E-state index contributed by atoms with van der Waals surface area (Å²) in [5.74, 6) is 0.213. The van der Waals surface area contributed by atoms with Crippen molar-refractivity contribution in [2.75, 3.05) is 27.2 Å². The van der Waals surface area contributed by atoms with E-state index in [9.17, 15) is 8.78 Å². The van der Waals surface area contributed by atoms with E-state index in [2.05, 4.69) is 26.0 Å². The number of likely N-dealkylation sites (N-methyl/N-ethyl adjacent to an activating group) is 1. The topological polar surface area (TPSA) is 24.5 Å². The molecule has 0 bridgehead atoms. The zero-order valence-corrected chi connectivity index (χ0v) is 12.0. The van der Waals surface area contributed by atoms with Gasteiger partial charge in [0.25, 0.3) is 0 Å². The molecule has 3 nitrogen and oxygen atoms in total. The van der Waals surface area contributed by atoms with Crippen LogP contribution in [0.4, 0.5) is 8.78 Å². The average Bonchev–Trinajstić information content (AvgIpc) is 2.27. The second-order valence-electron chi connectivity index (χ2n) is 4.11. The minimum atomic E-state index is -2.80. The minimum Gasteiger partial charge on any atom is -0.434 e. The van der Waals surface area contributed by atoms with Crippen molar-refractivity contribution in [1.29, 1.82) is 0 Å². The van der Waals surface area contributed by atoms with Crippen LogP contribution in [-0.2, 0) is 6.54 Å². The summed E-state index contributed by atoms with van der Waals surface area (Å²) in [4.78, 5) is 2.05. The van der Waals surface area contributed by atoms with E-state index in [1.165, 1.54) is 0 Å².